The fraction of sp³-hybridized carbons (Fsp3) is 0.300. The summed E-state index contributed by atoms with van der Waals surface area (Å²) in [7, 11) is 0. The number of nitrogens with zero attached hydrogens (tertiary/aromatic N) is 1. The maximum atomic E-state index is 12.9. The summed E-state index contributed by atoms with van der Waals surface area (Å²) in [6, 6.07) is 2.18. The first kappa shape index (κ1) is 10.0. The number of aromatic amines is 1. The maximum Gasteiger partial charge on any atom is 0.161 e. The van der Waals surface area contributed by atoms with Gasteiger partial charge in [-0.1, -0.05) is 6.92 Å². The van der Waals surface area contributed by atoms with Crippen molar-refractivity contribution in [2.75, 3.05) is 6.54 Å². The molecule has 0 saturated heterocycles. The molecule has 0 aliphatic rings. The van der Waals surface area contributed by atoms with E-state index < -0.39 is 11.6 Å². The van der Waals surface area contributed by atoms with Gasteiger partial charge in [-0.05, 0) is 0 Å². The molecular weight excluding hydrogens is 200 g/mol. The minimum atomic E-state index is -0.888. The number of halogens is 2. The van der Waals surface area contributed by atoms with E-state index in [4.69, 9.17) is 5.73 Å². The Morgan fingerprint density at radius 1 is 1.40 bits per heavy atom. The highest BCUT2D eigenvalue weighted by Crippen LogP contribution is 2.19. The summed E-state index contributed by atoms with van der Waals surface area (Å²) in [5.74, 6) is -1.07. The van der Waals surface area contributed by atoms with Gasteiger partial charge in [0.15, 0.2) is 11.6 Å². The van der Waals surface area contributed by atoms with E-state index >= 15 is 0 Å². The van der Waals surface area contributed by atoms with Crippen molar-refractivity contribution in [3.05, 3.63) is 29.6 Å². The predicted octanol–water partition coefficient (Wildman–Crippen LogP) is 1.90. The summed E-state index contributed by atoms with van der Waals surface area (Å²) in [5, 5.41) is 0. The van der Waals surface area contributed by atoms with Crippen molar-refractivity contribution in [3.8, 4) is 0 Å². The fourth-order valence-corrected chi connectivity index (χ4v) is 1.37. The second-order valence-corrected chi connectivity index (χ2v) is 3.54. The van der Waals surface area contributed by atoms with Crippen molar-refractivity contribution >= 4 is 11.0 Å². The molecule has 1 heterocycles. The standard InChI is InChI=1S/C10H11F2N3/c1-5(4-13)10-14-8-2-6(11)7(12)3-9(8)15-10/h2-3,5H,4,13H2,1H3,(H,14,15). The molecule has 1 unspecified atom stereocenters. The summed E-state index contributed by atoms with van der Waals surface area (Å²) >= 11 is 0. The highest BCUT2D eigenvalue weighted by Gasteiger charge is 2.11. The van der Waals surface area contributed by atoms with Gasteiger partial charge >= 0.3 is 0 Å². The minimum Gasteiger partial charge on any atom is -0.342 e. The summed E-state index contributed by atoms with van der Waals surface area (Å²) in [6.45, 7) is 2.33. The molecule has 0 radical (unpaired) electrons. The van der Waals surface area contributed by atoms with Gasteiger partial charge in [-0.2, -0.15) is 0 Å². The number of nitrogens with one attached hydrogen (secondary N) is 1. The topological polar surface area (TPSA) is 54.7 Å². The Morgan fingerprint density at radius 2 is 2.07 bits per heavy atom. The number of rotatable bonds is 2. The molecule has 0 aliphatic heterocycles. The highest BCUT2D eigenvalue weighted by atomic mass is 19.2. The first-order valence-electron chi connectivity index (χ1n) is 4.66. The highest BCUT2D eigenvalue weighted by molar-refractivity contribution is 5.75. The lowest BCUT2D eigenvalue weighted by atomic mass is 10.2. The van der Waals surface area contributed by atoms with Crippen molar-refractivity contribution < 1.29 is 8.78 Å². The third kappa shape index (κ3) is 1.70. The van der Waals surface area contributed by atoms with Crippen LogP contribution in [-0.4, -0.2) is 16.5 Å². The molecule has 3 N–H and O–H groups in total. The van der Waals surface area contributed by atoms with Crippen LogP contribution in [0, 0.1) is 11.6 Å². The van der Waals surface area contributed by atoms with Crippen LogP contribution in [0.5, 0.6) is 0 Å². The average Bonchev–Trinajstić information content (AvgIpc) is 2.60. The molecule has 0 saturated carbocycles. The quantitative estimate of drug-likeness (QED) is 0.797. The normalized spacial score (nSPS) is 13.3. The number of fused-ring (bicyclic) bond motifs is 1. The molecule has 3 nitrogen and oxygen atoms in total. The molecule has 80 valence electrons. The van der Waals surface area contributed by atoms with E-state index in [2.05, 4.69) is 9.97 Å². The molecule has 1 atom stereocenters. The molecule has 2 rings (SSSR count). The van der Waals surface area contributed by atoms with Crippen LogP contribution in [0.1, 0.15) is 18.7 Å². The zero-order valence-electron chi connectivity index (χ0n) is 8.22. The second-order valence-electron chi connectivity index (χ2n) is 3.54. The smallest absolute Gasteiger partial charge is 0.161 e. The van der Waals surface area contributed by atoms with Gasteiger partial charge in [0.1, 0.15) is 5.82 Å². The zero-order chi connectivity index (χ0) is 11.0. The van der Waals surface area contributed by atoms with Gasteiger partial charge in [0.25, 0.3) is 0 Å². The van der Waals surface area contributed by atoms with Crippen molar-refractivity contribution in [2.24, 2.45) is 5.73 Å². The van der Waals surface area contributed by atoms with Gasteiger partial charge in [0, 0.05) is 24.6 Å². The maximum absolute atomic E-state index is 12.9. The first-order chi connectivity index (χ1) is 7.11. The molecular formula is C10H11F2N3. The number of benzene rings is 1. The van der Waals surface area contributed by atoms with Crippen molar-refractivity contribution in [3.63, 3.8) is 0 Å². The van der Waals surface area contributed by atoms with Crippen LogP contribution in [0.15, 0.2) is 12.1 Å². The van der Waals surface area contributed by atoms with E-state index in [-0.39, 0.29) is 5.92 Å². The molecule has 0 bridgehead atoms. The number of hydrogen-bond donors (Lipinski definition) is 2. The molecule has 0 fully saturated rings. The molecule has 0 spiro atoms. The lowest BCUT2D eigenvalue weighted by Gasteiger charge is -2.01. The van der Waals surface area contributed by atoms with E-state index in [0.717, 1.165) is 12.1 Å². The molecule has 2 aromatic rings. The van der Waals surface area contributed by atoms with E-state index in [1.807, 2.05) is 6.92 Å². The Balaban J connectivity index is 2.56. The second kappa shape index (κ2) is 3.58. The van der Waals surface area contributed by atoms with E-state index in [9.17, 15) is 8.78 Å². The van der Waals surface area contributed by atoms with Crippen LogP contribution in [0.4, 0.5) is 8.78 Å². The predicted molar refractivity (Wildman–Crippen MR) is 53.5 cm³/mol. The largest absolute Gasteiger partial charge is 0.342 e. The van der Waals surface area contributed by atoms with Gasteiger partial charge < -0.3 is 10.7 Å². The van der Waals surface area contributed by atoms with Gasteiger partial charge in [0.05, 0.1) is 11.0 Å². The molecule has 15 heavy (non-hydrogen) atoms. The Labute approximate surface area is 85.3 Å². The Hall–Kier alpha value is -1.49. The Kier molecular flexibility index (Phi) is 2.40. The monoisotopic (exact) mass is 211 g/mol. The number of aromatic nitrogens is 2. The number of H-pyrrole nitrogens is 1. The fourth-order valence-electron chi connectivity index (χ4n) is 1.37. The van der Waals surface area contributed by atoms with Crippen LogP contribution in [0.25, 0.3) is 11.0 Å². The van der Waals surface area contributed by atoms with Crippen LogP contribution in [0.2, 0.25) is 0 Å². The molecule has 5 heteroatoms. The lowest BCUT2D eigenvalue weighted by molar-refractivity contribution is 0.510. The van der Waals surface area contributed by atoms with Crippen LogP contribution < -0.4 is 5.73 Å². The van der Waals surface area contributed by atoms with Crippen molar-refractivity contribution in [2.45, 2.75) is 12.8 Å². The number of nitrogens with two attached hydrogens (primary N) is 1. The van der Waals surface area contributed by atoms with E-state index in [1.165, 1.54) is 0 Å². The number of hydrogen-bond acceptors (Lipinski definition) is 2. The number of imidazole rings is 1. The zero-order valence-corrected chi connectivity index (χ0v) is 8.22. The average molecular weight is 211 g/mol. The van der Waals surface area contributed by atoms with Gasteiger partial charge in [0.2, 0.25) is 0 Å². The minimum absolute atomic E-state index is 0.0449. The molecule has 0 amide bonds. The van der Waals surface area contributed by atoms with Crippen LogP contribution in [0.3, 0.4) is 0 Å². The molecule has 1 aromatic heterocycles. The first-order valence-corrected chi connectivity index (χ1v) is 4.66. The van der Waals surface area contributed by atoms with Gasteiger partial charge in [-0.15, -0.1) is 0 Å². The third-order valence-electron chi connectivity index (χ3n) is 2.36. The SMILES string of the molecule is CC(CN)c1nc2cc(F)c(F)cc2[nH]1. The summed E-state index contributed by atoms with van der Waals surface area (Å²) in [6.07, 6.45) is 0. The molecule has 0 aliphatic carbocycles. The van der Waals surface area contributed by atoms with Gasteiger partial charge in [-0.3, -0.25) is 0 Å². The summed E-state index contributed by atoms with van der Waals surface area (Å²) < 4.78 is 25.8. The van der Waals surface area contributed by atoms with Gasteiger partial charge in [-0.25, -0.2) is 13.8 Å². The summed E-state index contributed by atoms with van der Waals surface area (Å²) in [4.78, 5) is 7.06. The third-order valence-corrected chi connectivity index (χ3v) is 2.36. The Bertz CT molecular complexity index is 454. The van der Waals surface area contributed by atoms with Crippen molar-refractivity contribution in [1.29, 1.82) is 0 Å². The summed E-state index contributed by atoms with van der Waals surface area (Å²) in [5.41, 5.74) is 6.39. The van der Waals surface area contributed by atoms with E-state index in [0.29, 0.717) is 23.4 Å². The van der Waals surface area contributed by atoms with E-state index in [1.54, 1.807) is 0 Å². The molecule has 1 aromatic carbocycles. The van der Waals surface area contributed by atoms with Crippen molar-refractivity contribution in [1.82, 2.24) is 9.97 Å². The van der Waals surface area contributed by atoms with Crippen LogP contribution >= 0.6 is 0 Å². The van der Waals surface area contributed by atoms with Crippen LogP contribution in [-0.2, 0) is 0 Å². The Morgan fingerprint density at radius 3 is 2.73 bits per heavy atom. The lowest BCUT2D eigenvalue weighted by Crippen LogP contribution is -2.10.